The van der Waals surface area contributed by atoms with Gasteiger partial charge in [-0.25, -0.2) is 9.78 Å². The molecule has 8 heteroatoms. The van der Waals surface area contributed by atoms with Crippen molar-refractivity contribution in [2.24, 2.45) is 0 Å². The lowest BCUT2D eigenvalue weighted by molar-refractivity contribution is -0.138. The van der Waals surface area contributed by atoms with Gasteiger partial charge in [0.05, 0.1) is 22.3 Å². The smallest absolute Gasteiger partial charge is 0.331 e. The Kier molecular flexibility index (Phi) is 5.72. The van der Waals surface area contributed by atoms with Crippen LogP contribution in [0.3, 0.4) is 0 Å². The number of hydrogen-bond acceptors (Lipinski definition) is 3. The Morgan fingerprint density at radius 1 is 1.32 bits per heavy atom. The number of thiazole rings is 1. The SMILES string of the molecule is Cc1nc(C)c(C(C)NC(=O)N(C)Cc2ccccc2C(F)(F)F)s1. The van der Waals surface area contributed by atoms with Gasteiger partial charge in [0, 0.05) is 18.5 Å². The van der Waals surface area contributed by atoms with Crippen molar-refractivity contribution in [3.8, 4) is 0 Å². The summed E-state index contributed by atoms with van der Waals surface area (Å²) in [6.07, 6.45) is -4.45. The molecule has 25 heavy (non-hydrogen) atoms. The van der Waals surface area contributed by atoms with Crippen LogP contribution >= 0.6 is 11.3 Å². The van der Waals surface area contributed by atoms with E-state index < -0.39 is 17.8 Å². The zero-order valence-electron chi connectivity index (χ0n) is 14.4. The first-order valence-corrected chi connectivity index (χ1v) is 8.52. The van der Waals surface area contributed by atoms with Crippen molar-refractivity contribution in [3.05, 3.63) is 51.0 Å². The number of aryl methyl sites for hydroxylation is 2. The molecule has 1 atom stereocenters. The molecule has 2 aromatic rings. The van der Waals surface area contributed by atoms with E-state index in [-0.39, 0.29) is 18.2 Å². The highest BCUT2D eigenvalue weighted by Crippen LogP contribution is 2.32. The van der Waals surface area contributed by atoms with Crippen molar-refractivity contribution in [2.75, 3.05) is 7.05 Å². The second kappa shape index (κ2) is 7.43. The molecule has 136 valence electrons. The van der Waals surface area contributed by atoms with Gasteiger partial charge in [-0.15, -0.1) is 11.3 Å². The number of hydrogen-bond donors (Lipinski definition) is 1. The van der Waals surface area contributed by atoms with Gasteiger partial charge < -0.3 is 10.2 Å². The van der Waals surface area contributed by atoms with Gasteiger partial charge in [0.2, 0.25) is 0 Å². The number of alkyl halides is 3. The summed E-state index contributed by atoms with van der Waals surface area (Å²) in [4.78, 5) is 18.8. The summed E-state index contributed by atoms with van der Waals surface area (Å²) >= 11 is 1.49. The van der Waals surface area contributed by atoms with Gasteiger partial charge >= 0.3 is 12.2 Å². The maximum absolute atomic E-state index is 13.1. The van der Waals surface area contributed by atoms with Gasteiger partial charge in [0.15, 0.2) is 0 Å². The van der Waals surface area contributed by atoms with Crippen molar-refractivity contribution in [1.29, 1.82) is 0 Å². The molecule has 1 aromatic heterocycles. The molecule has 0 saturated carbocycles. The van der Waals surface area contributed by atoms with E-state index in [2.05, 4.69) is 10.3 Å². The predicted molar refractivity (Wildman–Crippen MR) is 91.4 cm³/mol. The maximum atomic E-state index is 13.1. The number of aromatic nitrogens is 1. The summed E-state index contributed by atoms with van der Waals surface area (Å²) in [6, 6.07) is 4.57. The van der Waals surface area contributed by atoms with Gasteiger partial charge in [-0.3, -0.25) is 0 Å². The average molecular weight is 371 g/mol. The molecule has 0 aliphatic rings. The summed E-state index contributed by atoms with van der Waals surface area (Å²) < 4.78 is 39.2. The zero-order chi connectivity index (χ0) is 18.8. The molecule has 0 aliphatic heterocycles. The fourth-order valence-corrected chi connectivity index (χ4v) is 3.50. The molecule has 1 unspecified atom stereocenters. The van der Waals surface area contributed by atoms with Crippen LogP contribution in [0.15, 0.2) is 24.3 Å². The quantitative estimate of drug-likeness (QED) is 0.848. The molecule has 1 N–H and O–H groups in total. The molecule has 0 bridgehead atoms. The lowest BCUT2D eigenvalue weighted by atomic mass is 10.1. The van der Waals surface area contributed by atoms with Crippen molar-refractivity contribution >= 4 is 17.4 Å². The first-order chi connectivity index (χ1) is 11.6. The van der Waals surface area contributed by atoms with Crippen LogP contribution in [0.2, 0.25) is 0 Å². The minimum atomic E-state index is -4.45. The highest BCUT2D eigenvalue weighted by molar-refractivity contribution is 7.11. The molecule has 0 aliphatic carbocycles. The van der Waals surface area contributed by atoms with E-state index in [1.807, 2.05) is 20.8 Å². The van der Waals surface area contributed by atoms with Gasteiger partial charge in [0.25, 0.3) is 0 Å². The molecule has 2 amide bonds. The van der Waals surface area contributed by atoms with Crippen LogP contribution in [0.25, 0.3) is 0 Å². The number of rotatable bonds is 4. The van der Waals surface area contributed by atoms with Crippen molar-refractivity contribution in [2.45, 2.75) is 39.5 Å². The van der Waals surface area contributed by atoms with E-state index in [0.717, 1.165) is 21.6 Å². The second-order valence-corrected chi connectivity index (χ2v) is 7.10. The molecular weight excluding hydrogens is 351 g/mol. The van der Waals surface area contributed by atoms with E-state index in [0.29, 0.717) is 0 Å². The Labute approximate surface area is 148 Å². The zero-order valence-corrected chi connectivity index (χ0v) is 15.3. The number of urea groups is 1. The lowest BCUT2D eigenvalue weighted by Crippen LogP contribution is -2.38. The third kappa shape index (κ3) is 4.72. The topological polar surface area (TPSA) is 45.2 Å². The predicted octanol–water partition coefficient (Wildman–Crippen LogP) is 4.68. The maximum Gasteiger partial charge on any atom is 0.416 e. The summed E-state index contributed by atoms with van der Waals surface area (Å²) in [5.41, 5.74) is 0.183. The van der Waals surface area contributed by atoms with E-state index in [4.69, 9.17) is 0 Å². The summed E-state index contributed by atoms with van der Waals surface area (Å²) in [5.74, 6) is 0. The number of halogens is 3. The van der Waals surface area contributed by atoms with E-state index in [1.54, 1.807) is 0 Å². The Morgan fingerprint density at radius 2 is 1.96 bits per heavy atom. The third-order valence-electron chi connectivity index (χ3n) is 3.75. The highest BCUT2D eigenvalue weighted by Gasteiger charge is 2.33. The van der Waals surface area contributed by atoms with Crippen molar-refractivity contribution in [3.63, 3.8) is 0 Å². The van der Waals surface area contributed by atoms with E-state index >= 15 is 0 Å². The molecule has 1 heterocycles. The minimum absolute atomic E-state index is 0.0603. The molecule has 4 nitrogen and oxygen atoms in total. The largest absolute Gasteiger partial charge is 0.416 e. The number of benzene rings is 1. The molecule has 2 rings (SSSR count). The Morgan fingerprint density at radius 3 is 2.52 bits per heavy atom. The third-order valence-corrected chi connectivity index (χ3v) is 5.01. The van der Waals surface area contributed by atoms with Crippen LogP contribution in [0.4, 0.5) is 18.0 Å². The first kappa shape index (κ1) is 19.2. The number of nitrogens with zero attached hydrogens (tertiary/aromatic N) is 2. The first-order valence-electron chi connectivity index (χ1n) is 7.70. The van der Waals surface area contributed by atoms with Crippen LogP contribution in [-0.4, -0.2) is 23.0 Å². The average Bonchev–Trinajstić information content (AvgIpc) is 2.85. The van der Waals surface area contributed by atoms with Crippen LogP contribution < -0.4 is 5.32 Å². The van der Waals surface area contributed by atoms with Gasteiger partial charge in [-0.2, -0.15) is 13.2 Å². The van der Waals surface area contributed by atoms with E-state index in [1.165, 1.54) is 41.5 Å². The number of carbonyl (C=O) groups is 1. The Balaban J connectivity index is 2.07. The van der Waals surface area contributed by atoms with E-state index in [9.17, 15) is 18.0 Å². The minimum Gasteiger partial charge on any atom is -0.331 e. The summed E-state index contributed by atoms with van der Waals surface area (Å²) in [7, 11) is 1.47. The number of carbonyl (C=O) groups excluding carboxylic acids is 1. The lowest BCUT2D eigenvalue weighted by Gasteiger charge is -2.23. The normalized spacial score (nSPS) is 12.8. The molecule has 1 aromatic carbocycles. The second-order valence-electron chi connectivity index (χ2n) is 5.86. The molecule has 0 saturated heterocycles. The Bertz CT molecular complexity index is 758. The van der Waals surface area contributed by atoms with Crippen molar-refractivity contribution < 1.29 is 18.0 Å². The number of amides is 2. The molecular formula is C17H20F3N3OS. The summed E-state index contributed by atoms with van der Waals surface area (Å²) in [6.45, 7) is 5.45. The monoisotopic (exact) mass is 371 g/mol. The van der Waals surface area contributed by atoms with Gasteiger partial charge in [-0.1, -0.05) is 18.2 Å². The number of nitrogens with one attached hydrogen (secondary N) is 1. The highest BCUT2D eigenvalue weighted by atomic mass is 32.1. The molecule has 0 radical (unpaired) electrons. The summed E-state index contributed by atoms with van der Waals surface area (Å²) in [5, 5.41) is 3.71. The van der Waals surface area contributed by atoms with Crippen LogP contribution in [-0.2, 0) is 12.7 Å². The van der Waals surface area contributed by atoms with Crippen LogP contribution in [0, 0.1) is 13.8 Å². The van der Waals surface area contributed by atoms with Gasteiger partial charge in [-0.05, 0) is 32.4 Å². The van der Waals surface area contributed by atoms with Crippen LogP contribution in [0.5, 0.6) is 0 Å². The van der Waals surface area contributed by atoms with Crippen LogP contribution in [0.1, 0.15) is 39.7 Å². The standard InChI is InChI=1S/C17H20F3N3OS/c1-10-15(25-12(3)21-10)11(2)22-16(24)23(4)9-13-7-5-6-8-14(13)17(18,19)20/h5-8,11H,9H2,1-4H3,(H,22,24). The molecule has 0 fully saturated rings. The fraction of sp³-hybridized carbons (Fsp3) is 0.412. The fourth-order valence-electron chi connectivity index (χ4n) is 2.57. The Hall–Kier alpha value is -2.09. The van der Waals surface area contributed by atoms with Crippen molar-refractivity contribution in [1.82, 2.24) is 15.2 Å². The molecule has 0 spiro atoms. The van der Waals surface area contributed by atoms with Gasteiger partial charge in [0.1, 0.15) is 0 Å².